The van der Waals surface area contributed by atoms with Gasteiger partial charge in [-0.15, -0.1) is 0 Å². The minimum atomic E-state index is -0.832. The van der Waals surface area contributed by atoms with E-state index in [0.717, 1.165) is 6.07 Å². The molecule has 0 aliphatic rings. The fraction of sp³-hybridized carbons (Fsp3) is 0.278. The van der Waals surface area contributed by atoms with E-state index >= 15 is 0 Å². The van der Waals surface area contributed by atoms with Crippen LogP contribution in [0.1, 0.15) is 25.0 Å². The van der Waals surface area contributed by atoms with Crippen molar-refractivity contribution in [2.75, 3.05) is 6.54 Å². The van der Waals surface area contributed by atoms with E-state index < -0.39 is 17.0 Å². The average molecular weight is 321 g/mol. The van der Waals surface area contributed by atoms with Gasteiger partial charge < -0.3 is 5.32 Å². The highest BCUT2D eigenvalue weighted by Crippen LogP contribution is 2.23. The zero-order valence-electron chi connectivity index (χ0n) is 13.0. The zero-order valence-corrected chi connectivity index (χ0v) is 13.0. The first kappa shape index (κ1) is 17.1. The molecule has 0 aliphatic carbocycles. The van der Waals surface area contributed by atoms with Gasteiger partial charge in [-0.25, -0.2) is 13.2 Å². The third kappa shape index (κ3) is 4.34. The van der Waals surface area contributed by atoms with Crippen molar-refractivity contribution < 1.29 is 18.0 Å². The van der Waals surface area contributed by atoms with Crippen LogP contribution in [0.2, 0.25) is 0 Å². The quantitative estimate of drug-likeness (QED) is 0.893. The monoisotopic (exact) mass is 321 g/mol. The van der Waals surface area contributed by atoms with Gasteiger partial charge in [0.05, 0.1) is 5.41 Å². The summed E-state index contributed by atoms with van der Waals surface area (Å²) in [5.74, 6) is -1.88. The number of nitrogens with one attached hydrogen (secondary N) is 1. The number of carbonyl (C=O) groups excluding carboxylic acids is 1. The molecule has 1 amide bonds. The van der Waals surface area contributed by atoms with Gasteiger partial charge in [0, 0.05) is 12.6 Å². The Balaban J connectivity index is 1.97. The molecule has 2 aromatic rings. The van der Waals surface area contributed by atoms with Gasteiger partial charge in [-0.05, 0) is 55.7 Å². The number of rotatable bonds is 5. The van der Waals surface area contributed by atoms with E-state index in [1.165, 1.54) is 24.3 Å². The van der Waals surface area contributed by atoms with Crippen LogP contribution in [0, 0.1) is 17.5 Å². The van der Waals surface area contributed by atoms with Crippen LogP contribution in [0.5, 0.6) is 0 Å². The van der Waals surface area contributed by atoms with Crippen molar-refractivity contribution in [1.29, 1.82) is 0 Å². The summed E-state index contributed by atoms with van der Waals surface area (Å²) >= 11 is 0. The van der Waals surface area contributed by atoms with Crippen LogP contribution in [-0.2, 0) is 16.6 Å². The van der Waals surface area contributed by atoms with E-state index in [1.807, 2.05) is 0 Å². The SMILES string of the molecule is CC(C)(C(=O)NCCc1cc(F)cc(F)c1)c1ccc(F)cc1. The lowest BCUT2D eigenvalue weighted by atomic mass is 9.83. The topological polar surface area (TPSA) is 29.1 Å². The van der Waals surface area contributed by atoms with Crippen molar-refractivity contribution in [2.45, 2.75) is 25.7 Å². The van der Waals surface area contributed by atoms with Gasteiger partial charge in [0.15, 0.2) is 0 Å². The van der Waals surface area contributed by atoms with Crippen LogP contribution in [0.15, 0.2) is 42.5 Å². The number of carbonyl (C=O) groups is 1. The second-order valence-corrected chi connectivity index (χ2v) is 5.92. The van der Waals surface area contributed by atoms with Gasteiger partial charge in [0.2, 0.25) is 5.91 Å². The molecule has 0 atom stereocenters. The fourth-order valence-electron chi connectivity index (χ4n) is 2.29. The Labute approximate surface area is 133 Å². The second kappa shape index (κ2) is 6.86. The Bertz CT molecular complexity index is 676. The third-order valence-electron chi connectivity index (χ3n) is 3.76. The summed E-state index contributed by atoms with van der Waals surface area (Å²) in [7, 11) is 0. The van der Waals surface area contributed by atoms with Crippen LogP contribution in [0.25, 0.3) is 0 Å². The van der Waals surface area contributed by atoms with Crippen LogP contribution in [0.3, 0.4) is 0 Å². The number of benzene rings is 2. The lowest BCUT2D eigenvalue weighted by Gasteiger charge is -2.24. The van der Waals surface area contributed by atoms with Crippen molar-refractivity contribution in [1.82, 2.24) is 5.32 Å². The molecular weight excluding hydrogens is 303 g/mol. The summed E-state index contributed by atoms with van der Waals surface area (Å²) in [6.45, 7) is 3.72. The number of hydrogen-bond donors (Lipinski definition) is 1. The van der Waals surface area contributed by atoms with Gasteiger partial charge >= 0.3 is 0 Å². The first-order valence-electron chi connectivity index (χ1n) is 7.28. The Morgan fingerprint density at radius 3 is 2.09 bits per heavy atom. The zero-order chi connectivity index (χ0) is 17.0. The molecule has 0 heterocycles. The molecule has 0 aromatic heterocycles. The van der Waals surface area contributed by atoms with Crippen molar-refractivity contribution in [2.24, 2.45) is 0 Å². The minimum Gasteiger partial charge on any atom is -0.355 e. The summed E-state index contributed by atoms with van der Waals surface area (Å²) in [5.41, 5.74) is 0.330. The fourth-order valence-corrected chi connectivity index (χ4v) is 2.29. The highest BCUT2D eigenvalue weighted by atomic mass is 19.1. The number of halogens is 3. The first-order valence-corrected chi connectivity index (χ1v) is 7.28. The van der Waals surface area contributed by atoms with E-state index in [0.29, 0.717) is 17.5 Å². The molecule has 2 nitrogen and oxygen atoms in total. The van der Waals surface area contributed by atoms with E-state index in [4.69, 9.17) is 0 Å². The molecule has 5 heteroatoms. The van der Waals surface area contributed by atoms with E-state index in [1.54, 1.807) is 26.0 Å². The van der Waals surface area contributed by atoms with E-state index in [2.05, 4.69) is 5.32 Å². The van der Waals surface area contributed by atoms with Gasteiger partial charge in [-0.3, -0.25) is 4.79 Å². The van der Waals surface area contributed by atoms with Gasteiger partial charge in [-0.2, -0.15) is 0 Å². The molecular formula is C18H18F3NO. The molecule has 0 spiro atoms. The van der Waals surface area contributed by atoms with Crippen molar-refractivity contribution in [3.8, 4) is 0 Å². The highest BCUT2D eigenvalue weighted by molar-refractivity contribution is 5.87. The number of hydrogen-bond acceptors (Lipinski definition) is 1. The maximum Gasteiger partial charge on any atom is 0.230 e. The molecule has 0 saturated carbocycles. The third-order valence-corrected chi connectivity index (χ3v) is 3.76. The summed E-state index contributed by atoms with van der Waals surface area (Å²) < 4.78 is 39.2. The Morgan fingerprint density at radius 2 is 1.52 bits per heavy atom. The molecule has 122 valence electrons. The van der Waals surface area contributed by atoms with Crippen LogP contribution in [-0.4, -0.2) is 12.5 Å². The molecule has 0 radical (unpaired) electrons. The lowest BCUT2D eigenvalue weighted by molar-refractivity contribution is -0.125. The molecule has 0 saturated heterocycles. The van der Waals surface area contributed by atoms with E-state index in [9.17, 15) is 18.0 Å². The largest absolute Gasteiger partial charge is 0.355 e. The molecule has 1 N–H and O–H groups in total. The maximum absolute atomic E-state index is 13.1. The predicted octanol–water partition coefficient (Wildman–Crippen LogP) is 3.74. The Morgan fingerprint density at radius 1 is 0.957 bits per heavy atom. The summed E-state index contributed by atoms with van der Waals surface area (Å²) in [5, 5.41) is 2.75. The minimum absolute atomic E-state index is 0.235. The smallest absolute Gasteiger partial charge is 0.230 e. The molecule has 0 unspecified atom stereocenters. The number of amides is 1. The average Bonchev–Trinajstić information content (AvgIpc) is 2.46. The maximum atomic E-state index is 13.1. The predicted molar refractivity (Wildman–Crippen MR) is 82.5 cm³/mol. The van der Waals surface area contributed by atoms with Crippen molar-refractivity contribution >= 4 is 5.91 Å². The summed E-state index contributed by atoms with van der Waals surface area (Å²) in [6, 6.07) is 9.02. The summed E-state index contributed by atoms with van der Waals surface area (Å²) in [4.78, 5) is 12.3. The van der Waals surface area contributed by atoms with Crippen LogP contribution in [0.4, 0.5) is 13.2 Å². The molecule has 0 bridgehead atoms. The van der Waals surface area contributed by atoms with Crippen LogP contribution >= 0.6 is 0 Å². The molecule has 23 heavy (non-hydrogen) atoms. The van der Waals surface area contributed by atoms with Crippen molar-refractivity contribution in [3.05, 3.63) is 71.0 Å². The lowest BCUT2D eigenvalue weighted by Crippen LogP contribution is -2.40. The Hall–Kier alpha value is -2.30. The summed E-state index contributed by atoms with van der Waals surface area (Å²) in [6.07, 6.45) is 0.319. The van der Waals surface area contributed by atoms with E-state index in [-0.39, 0.29) is 18.3 Å². The van der Waals surface area contributed by atoms with Gasteiger partial charge in [0.25, 0.3) is 0 Å². The molecule has 0 aliphatic heterocycles. The molecule has 2 rings (SSSR count). The highest BCUT2D eigenvalue weighted by Gasteiger charge is 2.29. The van der Waals surface area contributed by atoms with Gasteiger partial charge in [-0.1, -0.05) is 12.1 Å². The van der Waals surface area contributed by atoms with Crippen LogP contribution < -0.4 is 5.32 Å². The van der Waals surface area contributed by atoms with Crippen molar-refractivity contribution in [3.63, 3.8) is 0 Å². The molecule has 2 aromatic carbocycles. The Kier molecular flexibility index (Phi) is 5.08. The standard InChI is InChI=1S/C18H18F3NO/c1-18(2,13-3-5-14(19)6-4-13)17(23)22-8-7-12-9-15(20)11-16(21)10-12/h3-6,9-11H,7-8H2,1-2H3,(H,22,23). The second-order valence-electron chi connectivity index (χ2n) is 5.92. The normalized spacial score (nSPS) is 11.3. The molecule has 0 fully saturated rings. The first-order chi connectivity index (χ1) is 10.8. The van der Waals surface area contributed by atoms with Gasteiger partial charge in [0.1, 0.15) is 17.5 Å².